The van der Waals surface area contributed by atoms with Gasteiger partial charge in [0.2, 0.25) is 5.91 Å². The monoisotopic (exact) mass is 266 g/mol. The van der Waals surface area contributed by atoms with E-state index in [1.807, 2.05) is 4.90 Å². The number of rotatable bonds is 4. The lowest BCUT2D eigenvalue weighted by atomic mass is 10.1. The van der Waals surface area contributed by atoms with Crippen LogP contribution in [-0.4, -0.2) is 44.1 Å². The van der Waals surface area contributed by atoms with E-state index in [9.17, 15) is 9.18 Å². The van der Waals surface area contributed by atoms with E-state index >= 15 is 0 Å². The van der Waals surface area contributed by atoms with Crippen LogP contribution in [0.25, 0.3) is 0 Å². The van der Waals surface area contributed by atoms with Crippen LogP contribution in [0.3, 0.4) is 0 Å². The second-order valence-electron chi connectivity index (χ2n) is 4.56. The van der Waals surface area contributed by atoms with Crippen molar-refractivity contribution in [2.75, 3.05) is 33.3 Å². The number of nitrogens with one attached hydrogen (secondary N) is 1. The highest BCUT2D eigenvalue weighted by molar-refractivity contribution is 5.76. The molecule has 1 fully saturated rings. The number of methoxy groups -OCH3 is 1. The van der Waals surface area contributed by atoms with Crippen LogP contribution >= 0.6 is 0 Å². The summed E-state index contributed by atoms with van der Waals surface area (Å²) in [5.41, 5.74) is 0.742. The van der Waals surface area contributed by atoms with E-state index < -0.39 is 0 Å². The average Bonchev–Trinajstić information content (AvgIpc) is 2.45. The summed E-state index contributed by atoms with van der Waals surface area (Å²) in [6.45, 7) is 3.18. The maximum Gasteiger partial charge on any atom is 0.222 e. The zero-order chi connectivity index (χ0) is 13.7. The van der Waals surface area contributed by atoms with Gasteiger partial charge in [0.25, 0.3) is 0 Å². The fourth-order valence-corrected chi connectivity index (χ4v) is 2.29. The Balaban J connectivity index is 1.94. The van der Waals surface area contributed by atoms with Gasteiger partial charge in [0.05, 0.1) is 7.11 Å². The summed E-state index contributed by atoms with van der Waals surface area (Å²) in [5, 5.41) is 3.21. The standard InChI is InChI=1S/C14H19FN2O2/c1-19-14-11(3-2-4-12(14)15)5-6-13(18)17-9-7-16-8-10-17/h2-4,16H,5-10H2,1H3. The lowest BCUT2D eigenvalue weighted by Crippen LogP contribution is -2.46. The van der Waals surface area contributed by atoms with Crippen molar-refractivity contribution in [3.8, 4) is 5.75 Å². The molecule has 1 N–H and O–H groups in total. The van der Waals surface area contributed by atoms with Gasteiger partial charge in [0.1, 0.15) is 0 Å². The molecule has 0 bridgehead atoms. The molecule has 1 amide bonds. The quantitative estimate of drug-likeness (QED) is 0.890. The zero-order valence-electron chi connectivity index (χ0n) is 11.1. The van der Waals surface area contributed by atoms with Crippen LogP contribution in [0.2, 0.25) is 0 Å². The third-order valence-electron chi connectivity index (χ3n) is 3.33. The maximum atomic E-state index is 13.5. The van der Waals surface area contributed by atoms with Crippen molar-refractivity contribution in [1.82, 2.24) is 10.2 Å². The first-order valence-electron chi connectivity index (χ1n) is 6.52. The molecular weight excluding hydrogens is 247 g/mol. The normalized spacial score (nSPS) is 15.4. The van der Waals surface area contributed by atoms with E-state index in [-0.39, 0.29) is 17.5 Å². The number of hydrogen-bond acceptors (Lipinski definition) is 3. The molecule has 0 atom stereocenters. The van der Waals surface area contributed by atoms with Crippen LogP contribution in [-0.2, 0) is 11.2 Å². The minimum atomic E-state index is -0.380. The van der Waals surface area contributed by atoms with Gasteiger partial charge in [0.15, 0.2) is 11.6 Å². The highest BCUT2D eigenvalue weighted by Gasteiger charge is 2.17. The fraction of sp³-hybridized carbons (Fsp3) is 0.500. The van der Waals surface area contributed by atoms with Crippen molar-refractivity contribution in [1.29, 1.82) is 0 Å². The first-order chi connectivity index (χ1) is 9.22. The van der Waals surface area contributed by atoms with Crippen LogP contribution in [0, 0.1) is 5.82 Å². The number of amides is 1. The van der Waals surface area contributed by atoms with Crippen LogP contribution in [0.5, 0.6) is 5.75 Å². The Morgan fingerprint density at radius 3 is 2.84 bits per heavy atom. The van der Waals surface area contributed by atoms with Crippen LogP contribution in [0.1, 0.15) is 12.0 Å². The first kappa shape index (κ1) is 13.8. The number of benzene rings is 1. The number of aryl methyl sites for hydroxylation is 1. The Kier molecular flexibility index (Phi) is 4.74. The van der Waals surface area contributed by atoms with Crippen molar-refractivity contribution in [3.05, 3.63) is 29.6 Å². The third kappa shape index (κ3) is 3.44. The molecule has 0 spiro atoms. The van der Waals surface area contributed by atoms with E-state index in [0.29, 0.717) is 12.8 Å². The van der Waals surface area contributed by atoms with E-state index in [1.165, 1.54) is 13.2 Å². The molecule has 1 aliphatic heterocycles. The van der Waals surface area contributed by atoms with E-state index in [4.69, 9.17) is 4.74 Å². The number of carbonyl (C=O) groups excluding carboxylic acids is 1. The molecule has 0 saturated carbocycles. The Labute approximate surface area is 112 Å². The van der Waals surface area contributed by atoms with E-state index in [2.05, 4.69) is 5.32 Å². The fourth-order valence-electron chi connectivity index (χ4n) is 2.29. The van der Waals surface area contributed by atoms with Gasteiger partial charge in [-0.1, -0.05) is 12.1 Å². The SMILES string of the molecule is COc1c(F)cccc1CCC(=O)N1CCNCC1. The molecule has 0 aromatic heterocycles. The Morgan fingerprint density at radius 2 is 2.16 bits per heavy atom. The molecule has 0 unspecified atom stereocenters. The predicted molar refractivity (Wildman–Crippen MR) is 70.7 cm³/mol. The molecule has 19 heavy (non-hydrogen) atoms. The van der Waals surface area contributed by atoms with Gasteiger partial charge in [-0.15, -0.1) is 0 Å². The summed E-state index contributed by atoms with van der Waals surface area (Å²) >= 11 is 0. The summed E-state index contributed by atoms with van der Waals surface area (Å²) in [5.74, 6) is -0.0157. The summed E-state index contributed by atoms with van der Waals surface area (Å²) < 4.78 is 18.5. The lowest BCUT2D eigenvalue weighted by Gasteiger charge is -2.27. The van der Waals surface area contributed by atoms with Crippen LogP contribution in [0.15, 0.2) is 18.2 Å². The topological polar surface area (TPSA) is 41.6 Å². The number of para-hydroxylation sites is 1. The Bertz CT molecular complexity index is 445. The van der Waals surface area contributed by atoms with E-state index in [1.54, 1.807) is 12.1 Å². The third-order valence-corrected chi connectivity index (χ3v) is 3.33. The molecule has 1 aliphatic rings. The molecule has 4 nitrogen and oxygen atoms in total. The summed E-state index contributed by atoms with van der Waals surface area (Å²) in [7, 11) is 1.44. The number of carbonyl (C=O) groups is 1. The maximum absolute atomic E-state index is 13.5. The van der Waals surface area contributed by atoms with Gasteiger partial charge in [-0.2, -0.15) is 0 Å². The Morgan fingerprint density at radius 1 is 1.42 bits per heavy atom. The predicted octanol–water partition coefficient (Wildman–Crippen LogP) is 1.20. The van der Waals surface area contributed by atoms with Gasteiger partial charge >= 0.3 is 0 Å². The molecule has 1 heterocycles. The van der Waals surface area contributed by atoms with Gasteiger partial charge < -0.3 is 15.0 Å². The minimum Gasteiger partial charge on any atom is -0.493 e. The van der Waals surface area contributed by atoms with Gasteiger partial charge in [-0.05, 0) is 18.1 Å². The number of hydrogen-bond donors (Lipinski definition) is 1. The smallest absolute Gasteiger partial charge is 0.222 e. The lowest BCUT2D eigenvalue weighted by molar-refractivity contribution is -0.131. The van der Waals surface area contributed by atoms with Crippen molar-refractivity contribution in [2.24, 2.45) is 0 Å². The Hall–Kier alpha value is -1.62. The zero-order valence-corrected chi connectivity index (χ0v) is 11.1. The second-order valence-corrected chi connectivity index (χ2v) is 4.56. The number of piperazine rings is 1. The first-order valence-corrected chi connectivity index (χ1v) is 6.52. The number of nitrogens with zero attached hydrogens (tertiary/aromatic N) is 1. The molecule has 1 saturated heterocycles. The molecule has 1 aromatic rings. The molecule has 0 radical (unpaired) electrons. The van der Waals surface area contributed by atoms with Gasteiger partial charge in [-0.3, -0.25) is 4.79 Å². The summed E-state index contributed by atoms with van der Waals surface area (Å²) in [6.07, 6.45) is 0.892. The van der Waals surface area contributed by atoms with Crippen molar-refractivity contribution in [2.45, 2.75) is 12.8 Å². The molecular formula is C14H19FN2O2. The van der Waals surface area contributed by atoms with Gasteiger partial charge in [0, 0.05) is 32.6 Å². The van der Waals surface area contributed by atoms with Crippen molar-refractivity contribution >= 4 is 5.91 Å². The second kappa shape index (κ2) is 6.52. The minimum absolute atomic E-state index is 0.118. The molecule has 0 aliphatic carbocycles. The summed E-state index contributed by atoms with van der Waals surface area (Å²) in [4.78, 5) is 13.9. The van der Waals surface area contributed by atoms with E-state index in [0.717, 1.165) is 31.7 Å². The highest BCUT2D eigenvalue weighted by Crippen LogP contribution is 2.23. The number of halogens is 1. The molecule has 2 rings (SSSR count). The highest BCUT2D eigenvalue weighted by atomic mass is 19.1. The molecule has 104 valence electrons. The summed E-state index contributed by atoms with van der Waals surface area (Å²) in [6, 6.07) is 4.80. The van der Waals surface area contributed by atoms with Crippen molar-refractivity contribution < 1.29 is 13.9 Å². The number of ether oxygens (including phenoxy) is 1. The molecule has 1 aromatic carbocycles. The largest absolute Gasteiger partial charge is 0.493 e. The van der Waals surface area contributed by atoms with Crippen LogP contribution in [0.4, 0.5) is 4.39 Å². The van der Waals surface area contributed by atoms with Crippen LogP contribution < -0.4 is 10.1 Å². The van der Waals surface area contributed by atoms with Gasteiger partial charge in [-0.25, -0.2) is 4.39 Å². The molecule has 5 heteroatoms. The van der Waals surface area contributed by atoms with Crippen molar-refractivity contribution in [3.63, 3.8) is 0 Å². The average molecular weight is 266 g/mol.